The topological polar surface area (TPSA) is 106 Å². The predicted molar refractivity (Wildman–Crippen MR) is 167 cm³/mol. The minimum absolute atomic E-state index is 0.0350. The Labute approximate surface area is 249 Å². The van der Waals surface area contributed by atoms with Crippen molar-refractivity contribution in [2.24, 2.45) is 14.1 Å². The van der Waals surface area contributed by atoms with Gasteiger partial charge in [-0.15, -0.1) is 0 Å². The van der Waals surface area contributed by atoms with Gasteiger partial charge in [0.25, 0.3) is 5.56 Å². The molecule has 2 N–H and O–H groups in total. The van der Waals surface area contributed by atoms with Crippen molar-refractivity contribution in [1.82, 2.24) is 34.0 Å². The Morgan fingerprint density at radius 2 is 1.86 bits per heavy atom. The number of aryl methyl sites for hydroxylation is 3. The van der Waals surface area contributed by atoms with Gasteiger partial charge in [0.05, 0.1) is 35.9 Å². The third-order valence-electron chi connectivity index (χ3n) is 8.31. The number of nitrogens with one attached hydrogen (secondary N) is 1. The first kappa shape index (κ1) is 28.4. The molecular formula is C31H37ClN8O2. The second-order valence-electron chi connectivity index (χ2n) is 11.6. The molecule has 4 aromatic heterocycles. The monoisotopic (exact) mass is 588 g/mol. The third kappa shape index (κ3) is 5.19. The number of aliphatic hydroxyl groups excluding tert-OH is 1. The van der Waals surface area contributed by atoms with Gasteiger partial charge in [-0.1, -0.05) is 17.7 Å². The van der Waals surface area contributed by atoms with Gasteiger partial charge in [0.15, 0.2) is 0 Å². The van der Waals surface area contributed by atoms with Crippen molar-refractivity contribution in [3.8, 4) is 11.3 Å². The summed E-state index contributed by atoms with van der Waals surface area (Å²) < 4.78 is 5.53. The standard InChI is InChI=1S/C31H37ClN8O2/c1-18-12-23(20(3)35-26-6-7-27(32)36-29(26)21-14-33-37(4)17-21)28-24(13-18)31(42)38(5)30-25(28)15-34-40(30)22-8-10-39(11-9-22)16-19(2)41/h6-7,12-15,17,19-20,22,35,41H,8-11,16H2,1-5H3/t19-,20?/m0/s1. The summed E-state index contributed by atoms with van der Waals surface area (Å²) in [5.74, 6) is 0. The first-order chi connectivity index (χ1) is 20.1. The highest BCUT2D eigenvalue weighted by molar-refractivity contribution is 6.29. The number of fused-ring (bicyclic) bond motifs is 3. The van der Waals surface area contributed by atoms with E-state index in [2.05, 4.69) is 33.3 Å². The third-order valence-corrected chi connectivity index (χ3v) is 8.52. The summed E-state index contributed by atoms with van der Waals surface area (Å²) in [6.07, 6.45) is 7.07. The smallest absolute Gasteiger partial charge is 0.259 e. The van der Waals surface area contributed by atoms with Crippen LogP contribution in [-0.4, -0.2) is 64.9 Å². The Morgan fingerprint density at radius 3 is 2.55 bits per heavy atom. The van der Waals surface area contributed by atoms with Gasteiger partial charge in [-0.05, 0) is 62.9 Å². The van der Waals surface area contributed by atoms with Gasteiger partial charge in [-0.3, -0.25) is 14.0 Å². The lowest BCUT2D eigenvalue weighted by atomic mass is 9.95. The lowest BCUT2D eigenvalue weighted by molar-refractivity contribution is 0.100. The Bertz CT molecular complexity index is 1830. The number of likely N-dealkylation sites (tertiary alicyclic amines) is 1. The molecule has 0 bridgehead atoms. The molecule has 1 unspecified atom stereocenters. The average Bonchev–Trinajstić information content (AvgIpc) is 3.59. The van der Waals surface area contributed by atoms with E-state index in [0.717, 1.165) is 70.4 Å². The zero-order valence-electron chi connectivity index (χ0n) is 24.7. The molecule has 6 rings (SSSR count). The molecule has 1 fully saturated rings. The van der Waals surface area contributed by atoms with Crippen LogP contribution in [-0.2, 0) is 14.1 Å². The number of rotatable bonds is 7. The fourth-order valence-corrected chi connectivity index (χ4v) is 6.53. The van der Waals surface area contributed by atoms with Crippen LogP contribution in [0.15, 0.2) is 47.7 Å². The van der Waals surface area contributed by atoms with Crippen LogP contribution in [0.4, 0.5) is 5.69 Å². The lowest BCUT2D eigenvalue weighted by Crippen LogP contribution is -2.39. The minimum atomic E-state index is -0.346. The van der Waals surface area contributed by atoms with Crippen molar-refractivity contribution in [3.05, 3.63) is 69.5 Å². The normalized spacial score (nSPS) is 16.4. The van der Waals surface area contributed by atoms with Gasteiger partial charge in [0.1, 0.15) is 10.8 Å². The van der Waals surface area contributed by atoms with Crippen molar-refractivity contribution in [2.45, 2.75) is 51.8 Å². The zero-order chi connectivity index (χ0) is 29.7. The van der Waals surface area contributed by atoms with Gasteiger partial charge < -0.3 is 15.3 Å². The van der Waals surface area contributed by atoms with E-state index in [1.807, 2.05) is 57.2 Å². The molecule has 220 valence electrons. The molecule has 0 aliphatic carbocycles. The van der Waals surface area contributed by atoms with Crippen molar-refractivity contribution >= 4 is 39.1 Å². The minimum Gasteiger partial charge on any atom is -0.392 e. The SMILES string of the molecule is Cc1cc(C(C)Nc2ccc(Cl)nc2-c2cnn(C)c2)c2c(c1)c(=O)n(C)c1c2cnn1C1CCN(C[C@H](C)O)CC1. The first-order valence-corrected chi connectivity index (χ1v) is 14.8. The second kappa shape index (κ2) is 11.2. The summed E-state index contributed by atoms with van der Waals surface area (Å²) in [6, 6.07) is 7.86. The molecule has 5 heterocycles. The number of halogens is 1. The number of aromatic nitrogens is 6. The molecule has 1 aliphatic rings. The summed E-state index contributed by atoms with van der Waals surface area (Å²) in [5, 5.41) is 25.6. The molecule has 0 radical (unpaired) electrons. The maximum absolute atomic E-state index is 13.8. The lowest BCUT2D eigenvalue weighted by Gasteiger charge is -2.33. The van der Waals surface area contributed by atoms with Crippen LogP contribution in [0.1, 0.15) is 49.9 Å². The Hall–Kier alpha value is -3.73. The van der Waals surface area contributed by atoms with Crippen LogP contribution < -0.4 is 10.9 Å². The van der Waals surface area contributed by atoms with Gasteiger partial charge in [-0.25, -0.2) is 9.67 Å². The predicted octanol–water partition coefficient (Wildman–Crippen LogP) is 4.84. The summed E-state index contributed by atoms with van der Waals surface area (Å²) >= 11 is 6.29. The molecule has 1 saturated heterocycles. The number of anilines is 1. The number of benzene rings is 1. The van der Waals surface area contributed by atoms with E-state index in [4.69, 9.17) is 16.7 Å². The molecule has 0 saturated carbocycles. The van der Waals surface area contributed by atoms with Crippen LogP contribution in [0.2, 0.25) is 5.15 Å². The van der Waals surface area contributed by atoms with Gasteiger partial charge in [-0.2, -0.15) is 10.2 Å². The largest absolute Gasteiger partial charge is 0.392 e. The molecule has 0 amide bonds. The van der Waals surface area contributed by atoms with E-state index in [1.54, 1.807) is 21.5 Å². The van der Waals surface area contributed by atoms with Crippen LogP contribution in [0.3, 0.4) is 0 Å². The van der Waals surface area contributed by atoms with E-state index in [9.17, 15) is 9.90 Å². The van der Waals surface area contributed by atoms with E-state index in [-0.39, 0.29) is 23.7 Å². The Morgan fingerprint density at radius 1 is 1.10 bits per heavy atom. The van der Waals surface area contributed by atoms with Crippen LogP contribution in [0.5, 0.6) is 0 Å². The summed E-state index contributed by atoms with van der Waals surface area (Å²) in [7, 11) is 3.71. The Kier molecular flexibility index (Phi) is 7.55. The molecule has 2 atom stereocenters. The summed E-state index contributed by atoms with van der Waals surface area (Å²) in [6.45, 7) is 8.40. The average molecular weight is 589 g/mol. The fourth-order valence-electron chi connectivity index (χ4n) is 6.38. The van der Waals surface area contributed by atoms with Crippen molar-refractivity contribution in [2.75, 3.05) is 25.0 Å². The number of pyridine rings is 2. The molecule has 0 spiro atoms. The molecular weight excluding hydrogens is 552 g/mol. The summed E-state index contributed by atoms with van der Waals surface area (Å²) in [5.41, 5.74) is 5.24. The molecule has 10 nitrogen and oxygen atoms in total. The van der Waals surface area contributed by atoms with Gasteiger partial charge in [0.2, 0.25) is 0 Å². The highest BCUT2D eigenvalue weighted by Gasteiger charge is 2.26. The summed E-state index contributed by atoms with van der Waals surface area (Å²) in [4.78, 5) is 20.7. The highest BCUT2D eigenvalue weighted by Crippen LogP contribution is 2.36. The maximum Gasteiger partial charge on any atom is 0.259 e. The maximum atomic E-state index is 13.8. The number of β-amino-alcohol motifs (C(OH)–C–C–N with tert-alkyl or cyclic N) is 1. The van der Waals surface area contributed by atoms with Crippen molar-refractivity contribution in [3.63, 3.8) is 0 Å². The second-order valence-corrected chi connectivity index (χ2v) is 12.0. The Balaban J connectivity index is 1.43. The van der Waals surface area contributed by atoms with E-state index in [1.165, 1.54) is 0 Å². The molecule has 1 aliphatic heterocycles. The van der Waals surface area contributed by atoms with Gasteiger partial charge in [0, 0.05) is 67.7 Å². The molecule has 1 aromatic carbocycles. The number of hydrogen-bond acceptors (Lipinski definition) is 7. The number of hydrogen-bond donors (Lipinski definition) is 2. The van der Waals surface area contributed by atoms with E-state index >= 15 is 0 Å². The van der Waals surface area contributed by atoms with Gasteiger partial charge >= 0.3 is 0 Å². The first-order valence-electron chi connectivity index (χ1n) is 14.4. The van der Waals surface area contributed by atoms with Crippen molar-refractivity contribution in [1.29, 1.82) is 0 Å². The number of nitrogens with zero attached hydrogens (tertiary/aromatic N) is 7. The zero-order valence-corrected chi connectivity index (χ0v) is 25.4. The molecule has 42 heavy (non-hydrogen) atoms. The highest BCUT2D eigenvalue weighted by atomic mass is 35.5. The van der Waals surface area contributed by atoms with E-state index in [0.29, 0.717) is 17.1 Å². The number of piperidine rings is 1. The van der Waals surface area contributed by atoms with Crippen LogP contribution >= 0.6 is 11.6 Å². The van der Waals surface area contributed by atoms with Crippen LogP contribution in [0.25, 0.3) is 33.1 Å². The van der Waals surface area contributed by atoms with Crippen molar-refractivity contribution < 1.29 is 5.11 Å². The quantitative estimate of drug-likeness (QED) is 0.262. The number of aliphatic hydroxyl groups is 1. The van der Waals surface area contributed by atoms with Crippen LogP contribution in [0, 0.1) is 6.92 Å². The fraction of sp³-hybridized carbons (Fsp3) is 0.419. The molecule has 11 heteroatoms. The molecule has 5 aromatic rings. The van der Waals surface area contributed by atoms with E-state index < -0.39 is 0 Å².